The van der Waals surface area contributed by atoms with E-state index in [9.17, 15) is 0 Å². The molecule has 0 unspecified atom stereocenters. The summed E-state index contributed by atoms with van der Waals surface area (Å²) in [6, 6.07) is 4.80. The van der Waals surface area contributed by atoms with Crippen molar-refractivity contribution >= 4 is 0 Å². The summed E-state index contributed by atoms with van der Waals surface area (Å²) in [6.45, 7) is 17.6. The standard InChI is InChI=1S/C25H38N2O2/c1-17-13-23(19(3)26(17)15-21-9-7-11-28-21)25(5,6)24-14-18(2)27(20(24)4)16-22-10-8-12-29-22/h13-14,21-22H,7-12,15-16H2,1-6H3/t21-,22-/m0/s1. The molecule has 4 heteroatoms. The predicted molar refractivity (Wildman–Crippen MR) is 118 cm³/mol. The Hall–Kier alpha value is -1.52. The molecule has 4 rings (SSSR count). The summed E-state index contributed by atoms with van der Waals surface area (Å²) < 4.78 is 16.8. The van der Waals surface area contributed by atoms with Gasteiger partial charge in [0.1, 0.15) is 0 Å². The Morgan fingerprint density at radius 2 is 1.21 bits per heavy atom. The molecule has 2 saturated heterocycles. The van der Waals surface area contributed by atoms with Crippen molar-refractivity contribution in [1.82, 2.24) is 9.13 Å². The fourth-order valence-electron chi connectivity index (χ4n) is 5.56. The van der Waals surface area contributed by atoms with Gasteiger partial charge in [0.15, 0.2) is 0 Å². The monoisotopic (exact) mass is 398 g/mol. The molecule has 2 fully saturated rings. The molecular weight excluding hydrogens is 360 g/mol. The second-order valence-corrected chi connectivity index (χ2v) is 9.69. The van der Waals surface area contributed by atoms with Gasteiger partial charge >= 0.3 is 0 Å². The quantitative estimate of drug-likeness (QED) is 0.668. The van der Waals surface area contributed by atoms with Crippen LogP contribution in [0.3, 0.4) is 0 Å². The van der Waals surface area contributed by atoms with E-state index >= 15 is 0 Å². The van der Waals surface area contributed by atoms with E-state index in [1.807, 2.05) is 0 Å². The Balaban J connectivity index is 1.64. The van der Waals surface area contributed by atoms with Crippen LogP contribution >= 0.6 is 0 Å². The average Bonchev–Trinajstić information content (AvgIpc) is 3.45. The SMILES string of the molecule is Cc1cc(C(C)(C)c2cc(C)n(C[C@@H]3CCCO3)c2C)c(C)n1C[C@@H]1CCCO1. The van der Waals surface area contributed by atoms with Gasteiger partial charge in [0.05, 0.1) is 12.2 Å². The van der Waals surface area contributed by atoms with E-state index in [4.69, 9.17) is 9.47 Å². The van der Waals surface area contributed by atoms with Crippen LogP contribution in [0.1, 0.15) is 73.4 Å². The van der Waals surface area contributed by atoms with Crippen LogP contribution < -0.4 is 0 Å². The summed E-state index contributed by atoms with van der Waals surface area (Å²) in [6.07, 6.45) is 5.48. The fourth-order valence-corrected chi connectivity index (χ4v) is 5.56. The van der Waals surface area contributed by atoms with Crippen LogP contribution in [-0.2, 0) is 28.0 Å². The molecule has 2 atom stereocenters. The summed E-state index contributed by atoms with van der Waals surface area (Å²) >= 11 is 0. The molecule has 4 heterocycles. The first kappa shape index (κ1) is 20.7. The minimum atomic E-state index is -0.0345. The van der Waals surface area contributed by atoms with Crippen LogP contribution in [-0.4, -0.2) is 34.6 Å². The van der Waals surface area contributed by atoms with E-state index < -0.39 is 0 Å². The van der Waals surface area contributed by atoms with Gasteiger partial charge in [0.25, 0.3) is 0 Å². The molecule has 2 aliphatic heterocycles. The molecule has 0 N–H and O–H groups in total. The fraction of sp³-hybridized carbons (Fsp3) is 0.680. The average molecular weight is 399 g/mol. The van der Waals surface area contributed by atoms with Gasteiger partial charge in [-0.1, -0.05) is 13.8 Å². The van der Waals surface area contributed by atoms with Gasteiger partial charge in [-0.05, 0) is 76.6 Å². The van der Waals surface area contributed by atoms with Crippen molar-refractivity contribution in [2.75, 3.05) is 13.2 Å². The summed E-state index contributed by atoms with van der Waals surface area (Å²) in [5, 5.41) is 0. The van der Waals surface area contributed by atoms with E-state index in [0.717, 1.165) is 26.3 Å². The zero-order valence-electron chi connectivity index (χ0n) is 19.2. The lowest BCUT2D eigenvalue weighted by atomic mass is 9.78. The van der Waals surface area contributed by atoms with Crippen molar-refractivity contribution in [2.45, 2.75) is 97.9 Å². The summed E-state index contributed by atoms with van der Waals surface area (Å²) in [4.78, 5) is 0. The molecule has 160 valence electrons. The number of hydrogen-bond acceptors (Lipinski definition) is 2. The molecule has 2 aliphatic rings. The predicted octanol–water partition coefficient (Wildman–Crippen LogP) is 5.21. The van der Waals surface area contributed by atoms with Crippen LogP contribution in [0.25, 0.3) is 0 Å². The van der Waals surface area contributed by atoms with Gasteiger partial charge in [-0.3, -0.25) is 0 Å². The Labute approximate surface area is 176 Å². The van der Waals surface area contributed by atoms with Crippen LogP contribution in [0, 0.1) is 27.7 Å². The highest BCUT2D eigenvalue weighted by Gasteiger charge is 2.32. The van der Waals surface area contributed by atoms with E-state index in [-0.39, 0.29) is 5.41 Å². The topological polar surface area (TPSA) is 28.3 Å². The first-order valence-corrected chi connectivity index (χ1v) is 11.4. The van der Waals surface area contributed by atoms with Crippen LogP contribution in [0.2, 0.25) is 0 Å². The van der Waals surface area contributed by atoms with Crippen molar-refractivity contribution in [3.05, 3.63) is 46.0 Å². The minimum absolute atomic E-state index is 0.0345. The van der Waals surface area contributed by atoms with Crippen LogP contribution in [0.4, 0.5) is 0 Å². The first-order chi connectivity index (χ1) is 13.8. The van der Waals surface area contributed by atoms with E-state index in [2.05, 4.69) is 62.8 Å². The maximum Gasteiger partial charge on any atom is 0.0754 e. The van der Waals surface area contributed by atoms with E-state index in [1.165, 1.54) is 59.6 Å². The zero-order valence-corrected chi connectivity index (χ0v) is 19.2. The molecule has 0 radical (unpaired) electrons. The number of nitrogens with zero attached hydrogens (tertiary/aromatic N) is 2. The Bertz CT molecular complexity index is 792. The second-order valence-electron chi connectivity index (χ2n) is 9.69. The molecule has 0 aromatic carbocycles. The lowest BCUT2D eigenvalue weighted by Crippen LogP contribution is -2.23. The number of aromatic nitrogens is 2. The highest BCUT2D eigenvalue weighted by molar-refractivity contribution is 5.45. The number of aryl methyl sites for hydroxylation is 2. The normalized spacial score (nSPS) is 22.7. The second kappa shape index (κ2) is 7.96. The molecule has 4 nitrogen and oxygen atoms in total. The lowest BCUT2D eigenvalue weighted by Gasteiger charge is -2.27. The first-order valence-electron chi connectivity index (χ1n) is 11.4. The largest absolute Gasteiger partial charge is 0.376 e. The summed E-state index contributed by atoms with van der Waals surface area (Å²) in [5.41, 5.74) is 8.28. The number of rotatable bonds is 6. The maximum absolute atomic E-state index is 5.91. The van der Waals surface area contributed by atoms with E-state index in [0.29, 0.717) is 12.2 Å². The van der Waals surface area contributed by atoms with Crippen molar-refractivity contribution in [3.63, 3.8) is 0 Å². The molecule has 29 heavy (non-hydrogen) atoms. The van der Waals surface area contributed by atoms with Crippen LogP contribution in [0.5, 0.6) is 0 Å². The molecule has 0 aliphatic carbocycles. The lowest BCUT2D eigenvalue weighted by molar-refractivity contribution is 0.0961. The molecule has 2 aromatic rings. The Morgan fingerprint density at radius 3 is 1.55 bits per heavy atom. The zero-order chi connectivity index (χ0) is 20.8. The molecular formula is C25H38N2O2. The smallest absolute Gasteiger partial charge is 0.0754 e. The third-order valence-electron chi connectivity index (χ3n) is 7.31. The molecule has 0 spiro atoms. The van der Waals surface area contributed by atoms with Crippen molar-refractivity contribution in [2.24, 2.45) is 0 Å². The van der Waals surface area contributed by atoms with Crippen molar-refractivity contribution in [3.8, 4) is 0 Å². The molecule has 2 aromatic heterocycles. The van der Waals surface area contributed by atoms with Gasteiger partial charge in [-0.15, -0.1) is 0 Å². The van der Waals surface area contributed by atoms with Gasteiger partial charge in [0, 0.05) is 54.5 Å². The maximum atomic E-state index is 5.91. The van der Waals surface area contributed by atoms with Crippen molar-refractivity contribution < 1.29 is 9.47 Å². The third-order valence-corrected chi connectivity index (χ3v) is 7.31. The molecule has 0 bridgehead atoms. The highest BCUT2D eigenvalue weighted by atomic mass is 16.5. The Kier molecular flexibility index (Phi) is 5.69. The highest BCUT2D eigenvalue weighted by Crippen LogP contribution is 2.38. The number of hydrogen-bond donors (Lipinski definition) is 0. The van der Waals surface area contributed by atoms with Gasteiger partial charge in [-0.25, -0.2) is 0 Å². The number of ether oxygens (including phenoxy) is 2. The van der Waals surface area contributed by atoms with Gasteiger partial charge in [0.2, 0.25) is 0 Å². The third kappa shape index (κ3) is 3.82. The van der Waals surface area contributed by atoms with Crippen molar-refractivity contribution in [1.29, 1.82) is 0 Å². The molecule has 0 saturated carbocycles. The Morgan fingerprint density at radius 1 is 0.793 bits per heavy atom. The van der Waals surface area contributed by atoms with Crippen LogP contribution in [0.15, 0.2) is 12.1 Å². The minimum Gasteiger partial charge on any atom is -0.376 e. The molecule has 0 amide bonds. The summed E-state index contributed by atoms with van der Waals surface area (Å²) in [5.74, 6) is 0. The van der Waals surface area contributed by atoms with Gasteiger partial charge in [-0.2, -0.15) is 0 Å². The van der Waals surface area contributed by atoms with E-state index in [1.54, 1.807) is 0 Å². The van der Waals surface area contributed by atoms with Gasteiger partial charge < -0.3 is 18.6 Å². The summed E-state index contributed by atoms with van der Waals surface area (Å²) in [7, 11) is 0.